The van der Waals surface area contributed by atoms with E-state index in [1.165, 1.54) is 32.1 Å². The van der Waals surface area contributed by atoms with E-state index >= 15 is 0 Å². The van der Waals surface area contributed by atoms with E-state index in [9.17, 15) is 0 Å². The van der Waals surface area contributed by atoms with Crippen LogP contribution in [0.15, 0.2) is 4.42 Å². The molecule has 1 aromatic rings. The summed E-state index contributed by atoms with van der Waals surface area (Å²) in [5.41, 5.74) is 6.29. The smallest absolute Gasteiger partial charge is 0.233 e. The molecule has 1 atom stereocenters. The molecule has 0 radical (unpaired) electrons. The summed E-state index contributed by atoms with van der Waals surface area (Å²) in [5.74, 6) is 5.95. The molecule has 4 aliphatic rings. The van der Waals surface area contributed by atoms with Crippen molar-refractivity contribution in [2.24, 2.45) is 35.3 Å². The maximum atomic E-state index is 6.29. The summed E-state index contributed by atoms with van der Waals surface area (Å²) in [4.78, 5) is 0. The Labute approximate surface area is 114 Å². The summed E-state index contributed by atoms with van der Waals surface area (Å²) in [6, 6.07) is -0.0660. The van der Waals surface area contributed by atoms with Gasteiger partial charge in [-0.3, -0.25) is 0 Å². The zero-order valence-electron chi connectivity index (χ0n) is 11.6. The maximum Gasteiger partial charge on any atom is 0.233 e. The lowest BCUT2D eigenvalue weighted by Gasteiger charge is -2.55. The molecule has 2 N–H and O–H groups in total. The Kier molecular flexibility index (Phi) is 2.69. The summed E-state index contributed by atoms with van der Waals surface area (Å²) < 4.78 is 5.49. The van der Waals surface area contributed by atoms with Crippen molar-refractivity contribution < 1.29 is 4.42 Å². The van der Waals surface area contributed by atoms with Crippen LogP contribution in [0.1, 0.15) is 56.3 Å². The molecule has 0 aromatic carbocycles. The third kappa shape index (κ3) is 2.00. The molecule has 0 amide bonds. The monoisotopic (exact) mass is 261 g/mol. The van der Waals surface area contributed by atoms with Gasteiger partial charge in [-0.25, -0.2) is 0 Å². The fourth-order valence-electron chi connectivity index (χ4n) is 5.28. The highest BCUT2D eigenvalue weighted by molar-refractivity contribution is 5.00. The van der Waals surface area contributed by atoms with Gasteiger partial charge in [-0.15, -0.1) is 10.2 Å². The molecular weight excluding hydrogens is 238 g/mol. The Balaban J connectivity index is 1.48. The standard InChI is InChI=1S/C15H23N3O/c1-8-17-18-15(19-8)14(16)7-13-11-3-9-2-10(5-11)6-12(13)4-9/h9-14H,2-7,16H2,1H3. The van der Waals surface area contributed by atoms with E-state index in [1.807, 2.05) is 6.92 Å². The van der Waals surface area contributed by atoms with Gasteiger partial charge in [0.25, 0.3) is 0 Å². The lowest BCUT2D eigenvalue weighted by Crippen LogP contribution is -2.45. The molecule has 104 valence electrons. The largest absolute Gasteiger partial charge is 0.424 e. The first-order valence-corrected chi connectivity index (χ1v) is 7.74. The van der Waals surface area contributed by atoms with Crippen LogP contribution < -0.4 is 5.73 Å². The van der Waals surface area contributed by atoms with Crippen molar-refractivity contribution >= 4 is 0 Å². The van der Waals surface area contributed by atoms with Crippen LogP contribution in [0.2, 0.25) is 0 Å². The average molecular weight is 261 g/mol. The van der Waals surface area contributed by atoms with Gasteiger partial charge < -0.3 is 10.2 Å². The van der Waals surface area contributed by atoms with Gasteiger partial charge in [-0.1, -0.05) is 0 Å². The normalized spacial score (nSPS) is 41.7. The van der Waals surface area contributed by atoms with Crippen LogP contribution in [-0.4, -0.2) is 10.2 Å². The van der Waals surface area contributed by atoms with E-state index in [2.05, 4.69) is 10.2 Å². The van der Waals surface area contributed by atoms with Crippen molar-refractivity contribution in [1.29, 1.82) is 0 Å². The lowest BCUT2D eigenvalue weighted by atomic mass is 9.51. The number of nitrogens with two attached hydrogens (primary N) is 1. The minimum Gasteiger partial charge on any atom is -0.424 e. The fourth-order valence-corrected chi connectivity index (χ4v) is 5.28. The van der Waals surface area contributed by atoms with E-state index in [-0.39, 0.29) is 6.04 Å². The van der Waals surface area contributed by atoms with Crippen LogP contribution in [0.4, 0.5) is 0 Å². The molecule has 4 saturated carbocycles. The van der Waals surface area contributed by atoms with Gasteiger partial charge in [-0.05, 0) is 68.1 Å². The molecule has 0 saturated heterocycles. The average Bonchev–Trinajstić information content (AvgIpc) is 2.79. The minimum absolute atomic E-state index is 0.0660. The number of hydrogen-bond acceptors (Lipinski definition) is 4. The van der Waals surface area contributed by atoms with Gasteiger partial charge in [0.15, 0.2) is 0 Å². The van der Waals surface area contributed by atoms with E-state index in [1.54, 1.807) is 0 Å². The van der Waals surface area contributed by atoms with E-state index in [0.717, 1.165) is 36.0 Å². The first-order valence-electron chi connectivity index (χ1n) is 7.74. The summed E-state index contributed by atoms with van der Waals surface area (Å²) in [5, 5.41) is 7.98. The minimum atomic E-state index is -0.0660. The molecule has 1 unspecified atom stereocenters. The summed E-state index contributed by atoms with van der Waals surface area (Å²) >= 11 is 0. The predicted octanol–water partition coefficient (Wildman–Crippen LogP) is 2.84. The molecule has 1 aromatic heterocycles. The van der Waals surface area contributed by atoms with Crippen molar-refractivity contribution in [2.75, 3.05) is 0 Å². The van der Waals surface area contributed by atoms with Crippen LogP contribution in [0, 0.1) is 36.5 Å². The van der Waals surface area contributed by atoms with E-state index < -0.39 is 0 Å². The van der Waals surface area contributed by atoms with E-state index in [0.29, 0.717) is 11.8 Å². The van der Waals surface area contributed by atoms with Gasteiger partial charge in [0.1, 0.15) is 0 Å². The second-order valence-corrected chi connectivity index (χ2v) is 7.10. The predicted molar refractivity (Wildman–Crippen MR) is 71.1 cm³/mol. The fraction of sp³-hybridized carbons (Fsp3) is 0.867. The summed E-state index contributed by atoms with van der Waals surface area (Å²) in [6.07, 6.45) is 8.35. The first-order chi connectivity index (χ1) is 9.19. The molecule has 19 heavy (non-hydrogen) atoms. The van der Waals surface area contributed by atoms with Crippen molar-refractivity contribution in [3.8, 4) is 0 Å². The Morgan fingerprint density at radius 1 is 1.11 bits per heavy atom. The number of aromatic nitrogens is 2. The quantitative estimate of drug-likeness (QED) is 0.908. The molecule has 4 bridgehead atoms. The lowest BCUT2D eigenvalue weighted by molar-refractivity contribution is -0.0428. The number of aryl methyl sites for hydroxylation is 1. The number of nitrogens with zero attached hydrogens (tertiary/aromatic N) is 2. The first kappa shape index (κ1) is 11.9. The highest BCUT2D eigenvalue weighted by Gasteiger charge is 2.48. The van der Waals surface area contributed by atoms with Crippen molar-refractivity contribution in [3.63, 3.8) is 0 Å². The van der Waals surface area contributed by atoms with Crippen LogP contribution in [-0.2, 0) is 0 Å². The van der Waals surface area contributed by atoms with Crippen molar-refractivity contribution in [3.05, 3.63) is 11.8 Å². The van der Waals surface area contributed by atoms with Crippen molar-refractivity contribution in [2.45, 2.75) is 51.5 Å². The summed E-state index contributed by atoms with van der Waals surface area (Å²) in [7, 11) is 0. The maximum absolute atomic E-state index is 6.29. The Hall–Kier alpha value is -0.900. The van der Waals surface area contributed by atoms with E-state index in [4.69, 9.17) is 10.2 Å². The third-order valence-corrected chi connectivity index (χ3v) is 5.81. The molecular formula is C15H23N3O. The topological polar surface area (TPSA) is 64.9 Å². The molecule has 1 heterocycles. The SMILES string of the molecule is Cc1nnc(C(N)CC2C3CC4CC(C3)CC2C4)o1. The van der Waals surface area contributed by atoms with Gasteiger partial charge in [-0.2, -0.15) is 0 Å². The molecule has 0 aliphatic heterocycles. The van der Waals surface area contributed by atoms with Crippen LogP contribution in [0.25, 0.3) is 0 Å². The molecule has 4 heteroatoms. The van der Waals surface area contributed by atoms with Crippen LogP contribution in [0.3, 0.4) is 0 Å². The van der Waals surface area contributed by atoms with Crippen LogP contribution in [0.5, 0.6) is 0 Å². The summed E-state index contributed by atoms with van der Waals surface area (Å²) in [6.45, 7) is 1.83. The highest BCUT2D eigenvalue weighted by Crippen LogP contribution is 2.58. The number of hydrogen-bond donors (Lipinski definition) is 1. The third-order valence-electron chi connectivity index (χ3n) is 5.81. The molecule has 0 spiro atoms. The van der Waals surface area contributed by atoms with Gasteiger partial charge in [0.2, 0.25) is 11.8 Å². The molecule has 4 nitrogen and oxygen atoms in total. The highest BCUT2D eigenvalue weighted by atomic mass is 16.4. The second-order valence-electron chi connectivity index (χ2n) is 7.10. The molecule has 4 fully saturated rings. The Morgan fingerprint density at radius 2 is 1.74 bits per heavy atom. The zero-order chi connectivity index (χ0) is 13.0. The van der Waals surface area contributed by atoms with Gasteiger partial charge in [0.05, 0.1) is 6.04 Å². The Bertz CT molecular complexity index is 442. The molecule has 4 aliphatic carbocycles. The van der Waals surface area contributed by atoms with Gasteiger partial charge in [0, 0.05) is 6.92 Å². The van der Waals surface area contributed by atoms with Crippen molar-refractivity contribution in [1.82, 2.24) is 10.2 Å². The number of rotatable bonds is 3. The Morgan fingerprint density at radius 3 is 2.26 bits per heavy atom. The second kappa shape index (κ2) is 4.30. The van der Waals surface area contributed by atoms with Crippen LogP contribution >= 0.6 is 0 Å². The van der Waals surface area contributed by atoms with Gasteiger partial charge >= 0.3 is 0 Å². The molecule has 5 rings (SSSR count). The zero-order valence-corrected chi connectivity index (χ0v) is 11.6.